The average molecular weight is 480 g/mol. The molecule has 0 saturated carbocycles. The summed E-state index contributed by atoms with van der Waals surface area (Å²) in [6.45, 7) is 0.213. The quantitative estimate of drug-likeness (QED) is 0.510. The van der Waals surface area contributed by atoms with Crippen LogP contribution in [0.3, 0.4) is 0 Å². The average Bonchev–Trinajstić information content (AvgIpc) is 2.91. The lowest BCUT2D eigenvalue weighted by Crippen LogP contribution is -2.49. The number of nitrogens with two attached hydrogens (primary N) is 1. The molecule has 10 heteroatoms. The maximum Gasteiger partial charge on any atom is 0.410 e. The molecular formula is C26H20N6O4. The molecule has 2 N–H and O–H groups in total. The fourth-order valence-corrected chi connectivity index (χ4v) is 4.85. The first-order valence-electron chi connectivity index (χ1n) is 11.0. The number of nitrogens with zero attached hydrogens (tertiary/aromatic N) is 5. The van der Waals surface area contributed by atoms with Crippen molar-refractivity contribution in [1.29, 1.82) is 15.8 Å². The van der Waals surface area contributed by atoms with Gasteiger partial charge in [-0.2, -0.15) is 15.8 Å². The maximum absolute atomic E-state index is 12.9. The van der Waals surface area contributed by atoms with Gasteiger partial charge in [0.25, 0.3) is 5.69 Å². The fraction of sp³-hybridized carbons (Fsp3) is 0.231. The van der Waals surface area contributed by atoms with Crippen LogP contribution >= 0.6 is 0 Å². The van der Waals surface area contributed by atoms with Crippen LogP contribution in [0.15, 0.2) is 77.5 Å². The molecule has 36 heavy (non-hydrogen) atoms. The molecule has 0 spiro atoms. The summed E-state index contributed by atoms with van der Waals surface area (Å²) in [7, 11) is 0. The van der Waals surface area contributed by atoms with Crippen LogP contribution in [0.1, 0.15) is 17.0 Å². The van der Waals surface area contributed by atoms with Gasteiger partial charge in [0.1, 0.15) is 12.7 Å². The van der Waals surface area contributed by atoms with E-state index in [-0.39, 0.29) is 36.7 Å². The second-order valence-electron chi connectivity index (χ2n) is 8.47. The van der Waals surface area contributed by atoms with Gasteiger partial charge in [0.2, 0.25) is 0 Å². The number of nitro groups is 1. The van der Waals surface area contributed by atoms with Crippen molar-refractivity contribution in [2.24, 2.45) is 17.1 Å². The van der Waals surface area contributed by atoms with Gasteiger partial charge in [-0.05, 0) is 16.7 Å². The molecule has 0 saturated heterocycles. The second-order valence-corrected chi connectivity index (χ2v) is 8.47. The molecule has 1 aliphatic heterocycles. The Bertz CT molecular complexity index is 1400. The number of hydrogen-bond acceptors (Lipinski definition) is 8. The van der Waals surface area contributed by atoms with Crippen LogP contribution in [0.25, 0.3) is 0 Å². The number of nitro benzene ring substituents is 1. The molecule has 4 rings (SSSR count). The molecule has 1 aliphatic carbocycles. The van der Waals surface area contributed by atoms with E-state index in [1.165, 1.54) is 23.1 Å². The number of rotatable bonds is 4. The smallest absolute Gasteiger partial charge is 0.410 e. The van der Waals surface area contributed by atoms with Gasteiger partial charge in [0.05, 0.1) is 28.3 Å². The summed E-state index contributed by atoms with van der Waals surface area (Å²) in [6, 6.07) is 20.7. The Morgan fingerprint density at radius 1 is 1.17 bits per heavy atom. The largest absolute Gasteiger partial charge is 0.445 e. The van der Waals surface area contributed by atoms with Crippen molar-refractivity contribution in [3.8, 4) is 18.2 Å². The van der Waals surface area contributed by atoms with Gasteiger partial charge in [0.15, 0.2) is 5.41 Å². The predicted octanol–water partition coefficient (Wildman–Crippen LogP) is 3.66. The number of non-ortho nitro benzene ring substituents is 1. The minimum Gasteiger partial charge on any atom is -0.445 e. The Labute approximate surface area is 206 Å². The molecule has 0 radical (unpaired) electrons. The number of benzene rings is 2. The zero-order chi connectivity index (χ0) is 25.9. The van der Waals surface area contributed by atoms with Crippen molar-refractivity contribution in [1.82, 2.24) is 4.90 Å². The highest BCUT2D eigenvalue weighted by Gasteiger charge is 2.55. The van der Waals surface area contributed by atoms with Crippen molar-refractivity contribution >= 4 is 11.8 Å². The minimum atomic E-state index is -1.97. The third kappa shape index (κ3) is 4.00. The van der Waals surface area contributed by atoms with E-state index in [2.05, 4.69) is 0 Å². The molecule has 0 fully saturated rings. The maximum atomic E-state index is 12.9. The molecule has 10 nitrogen and oxygen atoms in total. The molecule has 2 aliphatic rings. The van der Waals surface area contributed by atoms with Crippen molar-refractivity contribution < 1.29 is 14.5 Å². The highest BCUT2D eigenvalue weighted by atomic mass is 16.6. The molecule has 2 aromatic rings. The first kappa shape index (κ1) is 24.0. The molecule has 178 valence electrons. The first-order chi connectivity index (χ1) is 17.4. The Morgan fingerprint density at radius 2 is 1.89 bits per heavy atom. The van der Waals surface area contributed by atoms with E-state index in [1.807, 2.05) is 48.5 Å². The number of amides is 1. The first-order valence-corrected chi connectivity index (χ1v) is 11.0. The molecule has 1 amide bonds. The Hall–Kier alpha value is -5.14. The summed E-state index contributed by atoms with van der Waals surface area (Å²) in [5.74, 6) is -1.67. The van der Waals surface area contributed by atoms with Crippen molar-refractivity contribution in [2.75, 3.05) is 13.1 Å². The standard InChI is InChI=1S/C26H20N6O4/c27-12-21-20-9-10-31(25(33)36-14-17-5-2-1-3-6-17)13-22(20)23(26(15-28,16-29)24(21)30)18-7-4-8-19(11-18)32(34)35/h1-9,11,22-23H,10,13-14,30H2/t22-,23+/m0/s1. The molecule has 0 unspecified atom stereocenters. The molecule has 2 atom stereocenters. The van der Waals surface area contributed by atoms with E-state index in [1.54, 1.807) is 12.1 Å². The summed E-state index contributed by atoms with van der Waals surface area (Å²) in [6.07, 6.45) is 1.05. The number of fused-ring (bicyclic) bond motifs is 1. The van der Waals surface area contributed by atoms with E-state index >= 15 is 0 Å². The van der Waals surface area contributed by atoms with Crippen molar-refractivity contribution in [3.05, 3.63) is 98.8 Å². The molecule has 1 heterocycles. The van der Waals surface area contributed by atoms with E-state index in [0.29, 0.717) is 11.1 Å². The Balaban J connectivity index is 1.76. The summed E-state index contributed by atoms with van der Waals surface area (Å²) in [4.78, 5) is 25.2. The van der Waals surface area contributed by atoms with Crippen LogP contribution in [0.2, 0.25) is 0 Å². The monoisotopic (exact) mass is 480 g/mol. The zero-order valence-corrected chi connectivity index (χ0v) is 19.0. The predicted molar refractivity (Wildman–Crippen MR) is 126 cm³/mol. The molecule has 0 aromatic heterocycles. The normalized spacial score (nSPS) is 20.1. The third-order valence-electron chi connectivity index (χ3n) is 6.57. The molecular weight excluding hydrogens is 460 g/mol. The number of allylic oxidation sites excluding steroid dienone is 2. The SMILES string of the molecule is N#CC1=C(N)C(C#N)(C#N)[C@H](c2cccc([N+](=O)[O-])c2)[C@H]2CN(C(=O)OCc3ccccc3)CC=C12. The Kier molecular flexibility index (Phi) is 6.41. The topological polar surface area (TPSA) is 170 Å². The van der Waals surface area contributed by atoms with Gasteiger partial charge in [-0.3, -0.25) is 10.1 Å². The zero-order valence-electron chi connectivity index (χ0n) is 19.0. The summed E-state index contributed by atoms with van der Waals surface area (Å²) < 4.78 is 5.45. The lowest BCUT2D eigenvalue weighted by Gasteiger charge is -2.45. The number of nitriles is 3. The highest BCUT2D eigenvalue weighted by molar-refractivity contribution is 5.69. The van der Waals surface area contributed by atoms with Crippen LogP contribution in [-0.2, 0) is 11.3 Å². The lowest BCUT2D eigenvalue weighted by atomic mass is 9.58. The van der Waals surface area contributed by atoms with Crippen LogP contribution in [0.4, 0.5) is 10.5 Å². The third-order valence-corrected chi connectivity index (χ3v) is 6.57. The van der Waals surface area contributed by atoms with E-state index in [9.17, 15) is 30.7 Å². The van der Waals surface area contributed by atoms with Gasteiger partial charge in [-0.15, -0.1) is 0 Å². The summed E-state index contributed by atoms with van der Waals surface area (Å²) in [5, 5.41) is 41.6. The van der Waals surface area contributed by atoms with Crippen molar-refractivity contribution in [2.45, 2.75) is 12.5 Å². The fourth-order valence-electron chi connectivity index (χ4n) is 4.85. The van der Waals surface area contributed by atoms with Gasteiger partial charge in [-0.25, -0.2) is 4.79 Å². The summed E-state index contributed by atoms with van der Waals surface area (Å²) in [5.41, 5.74) is 5.53. The molecule has 2 aromatic carbocycles. The number of hydrogen-bond donors (Lipinski definition) is 1. The second kappa shape index (κ2) is 9.61. The van der Waals surface area contributed by atoms with Gasteiger partial charge in [-0.1, -0.05) is 48.5 Å². The molecule has 0 bridgehead atoms. The van der Waals surface area contributed by atoms with Crippen molar-refractivity contribution in [3.63, 3.8) is 0 Å². The van der Waals surface area contributed by atoms with Gasteiger partial charge >= 0.3 is 6.09 Å². The van der Waals surface area contributed by atoms with E-state index < -0.39 is 28.3 Å². The number of carbonyl (C=O) groups is 1. The summed E-state index contributed by atoms with van der Waals surface area (Å²) >= 11 is 0. The highest BCUT2D eigenvalue weighted by Crippen LogP contribution is 2.54. The van der Waals surface area contributed by atoms with Gasteiger partial charge in [0, 0.05) is 37.1 Å². The van der Waals surface area contributed by atoms with E-state index in [4.69, 9.17) is 10.5 Å². The lowest BCUT2D eigenvalue weighted by molar-refractivity contribution is -0.384. The van der Waals surface area contributed by atoms with Crippen LogP contribution in [0, 0.1) is 55.4 Å². The Morgan fingerprint density at radius 3 is 2.53 bits per heavy atom. The van der Waals surface area contributed by atoms with Crippen LogP contribution in [-0.4, -0.2) is 29.0 Å². The van der Waals surface area contributed by atoms with E-state index in [0.717, 1.165) is 5.56 Å². The van der Waals surface area contributed by atoms with Gasteiger partial charge < -0.3 is 15.4 Å². The minimum absolute atomic E-state index is 0.0158. The van der Waals surface area contributed by atoms with Crippen LogP contribution < -0.4 is 5.73 Å². The number of carbonyl (C=O) groups excluding carboxylic acids is 1. The number of ether oxygens (including phenoxy) is 1. The van der Waals surface area contributed by atoms with Crippen LogP contribution in [0.5, 0.6) is 0 Å².